The first kappa shape index (κ1) is 23.9. The van der Waals surface area contributed by atoms with Gasteiger partial charge in [0.15, 0.2) is 22.5 Å². The fourth-order valence-corrected chi connectivity index (χ4v) is 5.54. The number of benzene rings is 1. The number of nitrogens with zero attached hydrogens (tertiary/aromatic N) is 3. The summed E-state index contributed by atoms with van der Waals surface area (Å²) in [5.74, 6) is -5.71. The molecule has 12 heteroatoms. The Morgan fingerprint density at radius 3 is 2.91 bits per heavy atom. The molecule has 1 aromatic heterocycles. The molecule has 1 aromatic carbocycles. The molecule has 3 atom stereocenters. The lowest BCUT2D eigenvalue weighted by Gasteiger charge is -2.31. The molecule has 0 bridgehead atoms. The van der Waals surface area contributed by atoms with E-state index in [1.807, 2.05) is 0 Å². The highest BCUT2D eigenvalue weighted by Crippen LogP contribution is 2.39. The number of carbonyl (C=O) groups excluding carboxylic acids is 1. The van der Waals surface area contributed by atoms with Crippen molar-refractivity contribution in [3.05, 3.63) is 63.3 Å². The van der Waals surface area contributed by atoms with Crippen molar-refractivity contribution in [3.8, 4) is 0 Å². The Bertz CT molecular complexity index is 1190. The van der Waals surface area contributed by atoms with Gasteiger partial charge in [0.2, 0.25) is 0 Å². The van der Waals surface area contributed by atoms with Gasteiger partial charge in [0.05, 0.1) is 24.8 Å². The predicted molar refractivity (Wildman–Crippen MR) is 121 cm³/mol. The molecule has 35 heavy (non-hydrogen) atoms. The normalized spacial score (nSPS) is 25.9. The maximum Gasteiger partial charge on any atom is 0.338 e. The van der Waals surface area contributed by atoms with Crippen LogP contribution in [-0.4, -0.2) is 65.9 Å². The number of hydrogen-bond acceptors (Lipinski definition) is 8. The molecule has 2 N–H and O–H groups in total. The smallest absolute Gasteiger partial charge is 0.338 e. The Hall–Kier alpha value is -2.83. The fourth-order valence-electron chi connectivity index (χ4n) is 4.95. The van der Waals surface area contributed by atoms with Crippen LogP contribution in [0.4, 0.5) is 17.6 Å². The van der Waals surface area contributed by atoms with E-state index in [0.717, 1.165) is 6.07 Å². The van der Waals surface area contributed by atoms with E-state index in [1.165, 1.54) is 23.5 Å². The van der Waals surface area contributed by atoms with E-state index in [1.54, 1.807) is 23.4 Å². The average Bonchev–Trinajstić information content (AvgIpc) is 3.56. The minimum atomic E-state index is -2.94. The Labute approximate surface area is 202 Å². The van der Waals surface area contributed by atoms with Gasteiger partial charge in [0.1, 0.15) is 6.04 Å². The standard InChI is InChI=1S/C23H23F4N5O2S/c1-2-34-22(33)16-14(10-32-11-23(26,27)19-15(32)6-7-28-19)30-20(21-29-8-9-35-21)31-18(16)12-4-3-5-13(24)17(12)25/h3-5,8-9,15,18-19,28H,2,6-7,10-11H2,1H3,(H,30,31)/t15?,18-,19?/m1/s1. The minimum Gasteiger partial charge on any atom is -0.463 e. The number of amidine groups is 1. The molecule has 2 fully saturated rings. The van der Waals surface area contributed by atoms with E-state index < -0.39 is 48.2 Å². The number of carbonyl (C=O) groups is 1. The number of fused-ring (bicyclic) bond motifs is 1. The summed E-state index contributed by atoms with van der Waals surface area (Å²) in [6.45, 7) is 1.56. The number of hydrogen-bond donors (Lipinski definition) is 2. The lowest BCUT2D eigenvalue weighted by molar-refractivity contribution is -0.139. The lowest BCUT2D eigenvalue weighted by atomic mass is 9.94. The first-order chi connectivity index (χ1) is 16.8. The van der Waals surface area contributed by atoms with Gasteiger partial charge in [0, 0.05) is 35.4 Å². The Kier molecular flexibility index (Phi) is 6.36. The first-order valence-electron chi connectivity index (χ1n) is 11.2. The van der Waals surface area contributed by atoms with Crippen LogP contribution in [-0.2, 0) is 9.53 Å². The van der Waals surface area contributed by atoms with Crippen LogP contribution in [0, 0.1) is 11.6 Å². The number of thiazole rings is 1. The number of alkyl halides is 2. The maximum atomic E-state index is 14.9. The van der Waals surface area contributed by atoms with Crippen molar-refractivity contribution in [2.24, 2.45) is 4.99 Å². The molecule has 2 unspecified atom stereocenters. The van der Waals surface area contributed by atoms with Gasteiger partial charge in [-0.3, -0.25) is 9.89 Å². The molecule has 0 radical (unpaired) electrons. The zero-order valence-corrected chi connectivity index (χ0v) is 19.5. The van der Waals surface area contributed by atoms with E-state index in [0.29, 0.717) is 18.0 Å². The molecule has 3 aliphatic rings. The highest BCUT2D eigenvalue weighted by Gasteiger charge is 2.56. The monoisotopic (exact) mass is 509 g/mol. The number of aliphatic imine (C=N–C) groups is 1. The second-order valence-corrected chi connectivity index (χ2v) is 9.45. The number of esters is 1. The SMILES string of the molecule is CCOC(=O)C1=C(CN2CC(F)(F)C3NCCC32)NC(c2nccs2)=N[C@@H]1c1cccc(F)c1F. The van der Waals surface area contributed by atoms with Crippen molar-refractivity contribution in [3.63, 3.8) is 0 Å². The van der Waals surface area contributed by atoms with Gasteiger partial charge >= 0.3 is 5.97 Å². The number of halogens is 4. The van der Waals surface area contributed by atoms with Gasteiger partial charge in [-0.05, 0) is 26.0 Å². The summed E-state index contributed by atoms with van der Waals surface area (Å²) in [6, 6.07) is 0.970. The van der Waals surface area contributed by atoms with E-state index in [-0.39, 0.29) is 35.8 Å². The van der Waals surface area contributed by atoms with Crippen molar-refractivity contribution in [1.82, 2.24) is 20.5 Å². The van der Waals surface area contributed by atoms with Gasteiger partial charge in [-0.1, -0.05) is 12.1 Å². The molecule has 0 aliphatic carbocycles. The second-order valence-electron chi connectivity index (χ2n) is 8.55. The van der Waals surface area contributed by atoms with Crippen molar-refractivity contribution in [2.75, 3.05) is 26.2 Å². The van der Waals surface area contributed by atoms with Gasteiger partial charge in [0.25, 0.3) is 5.92 Å². The predicted octanol–water partition coefficient (Wildman–Crippen LogP) is 3.01. The maximum absolute atomic E-state index is 14.9. The number of ether oxygens (including phenoxy) is 1. The third-order valence-corrected chi connectivity index (χ3v) is 7.20. The van der Waals surface area contributed by atoms with Crippen LogP contribution in [0.15, 0.2) is 46.0 Å². The van der Waals surface area contributed by atoms with E-state index in [4.69, 9.17) is 4.74 Å². The van der Waals surface area contributed by atoms with Gasteiger partial charge in [-0.2, -0.15) is 0 Å². The molecule has 186 valence electrons. The Morgan fingerprint density at radius 2 is 2.17 bits per heavy atom. The van der Waals surface area contributed by atoms with Crippen LogP contribution in [0.1, 0.15) is 30.0 Å². The molecule has 0 saturated carbocycles. The van der Waals surface area contributed by atoms with Crippen LogP contribution >= 0.6 is 11.3 Å². The summed E-state index contributed by atoms with van der Waals surface area (Å²) in [4.78, 5) is 23.5. The minimum absolute atomic E-state index is 0.0351. The van der Waals surface area contributed by atoms with Gasteiger partial charge in [-0.25, -0.2) is 27.3 Å². The van der Waals surface area contributed by atoms with Crippen LogP contribution < -0.4 is 10.6 Å². The number of likely N-dealkylation sites (tertiary alicyclic amines) is 1. The van der Waals surface area contributed by atoms with Crippen LogP contribution in [0.3, 0.4) is 0 Å². The van der Waals surface area contributed by atoms with Gasteiger partial charge in [-0.15, -0.1) is 11.3 Å². The molecule has 7 nitrogen and oxygen atoms in total. The van der Waals surface area contributed by atoms with Crippen LogP contribution in [0.25, 0.3) is 0 Å². The zero-order chi connectivity index (χ0) is 24.7. The quantitative estimate of drug-likeness (QED) is 0.461. The third-order valence-electron chi connectivity index (χ3n) is 6.42. The summed E-state index contributed by atoms with van der Waals surface area (Å²) in [5.41, 5.74) is 0.0447. The highest BCUT2D eigenvalue weighted by atomic mass is 32.1. The Morgan fingerprint density at radius 1 is 1.34 bits per heavy atom. The van der Waals surface area contributed by atoms with Crippen molar-refractivity contribution >= 4 is 23.1 Å². The topological polar surface area (TPSA) is 78.9 Å². The highest BCUT2D eigenvalue weighted by molar-refractivity contribution is 7.11. The molecular formula is C23H23F4N5O2S. The van der Waals surface area contributed by atoms with Crippen molar-refractivity contribution < 1.29 is 27.1 Å². The number of rotatable bonds is 6. The van der Waals surface area contributed by atoms with Crippen molar-refractivity contribution in [1.29, 1.82) is 0 Å². The number of nitrogens with one attached hydrogen (secondary N) is 2. The summed E-state index contributed by atoms with van der Waals surface area (Å²) < 4.78 is 63.6. The largest absolute Gasteiger partial charge is 0.463 e. The van der Waals surface area contributed by atoms with E-state index in [2.05, 4.69) is 20.6 Å². The molecule has 0 amide bonds. The summed E-state index contributed by atoms with van der Waals surface area (Å²) in [5, 5.41) is 8.11. The molecular weight excluding hydrogens is 486 g/mol. The first-order valence-corrected chi connectivity index (χ1v) is 12.1. The van der Waals surface area contributed by atoms with Gasteiger partial charge < -0.3 is 15.4 Å². The second kappa shape index (κ2) is 9.32. The van der Waals surface area contributed by atoms with Crippen LogP contribution in [0.5, 0.6) is 0 Å². The van der Waals surface area contributed by atoms with E-state index in [9.17, 15) is 22.4 Å². The number of aromatic nitrogens is 1. The summed E-state index contributed by atoms with van der Waals surface area (Å²) in [7, 11) is 0. The van der Waals surface area contributed by atoms with Crippen LogP contribution in [0.2, 0.25) is 0 Å². The fraction of sp³-hybridized carbons (Fsp3) is 0.435. The third kappa shape index (κ3) is 4.34. The van der Waals surface area contributed by atoms with Crippen molar-refractivity contribution in [2.45, 2.75) is 37.4 Å². The molecule has 5 rings (SSSR count). The molecule has 0 spiro atoms. The Balaban J connectivity index is 1.61. The lowest BCUT2D eigenvalue weighted by Crippen LogP contribution is -2.43. The van der Waals surface area contributed by atoms with E-state index >= 15 is 0 Å². The summed E-state index contributed by atoms with van der Waals surface area (Å²) in [6.07, 6.45) is 2.08. The average molecular weight is 510 g/mol. The molecule has 4 heterocycles. The molecule has 2 saturated heterocycles. The molecule has 2 aromatic rings. The summed E-state index contributed by atoms with van der Waals surface area (Å²) >= 11 is 1.26. The molecule has 3 aliphatic heterocycles. The zero-order valence-electron chi connectivity index (χ0n) is 18.7.